The highest BCUT2D eigenvalue weighted by Gasteiger charge is 2.22. The van der Waals surface area contributed by atoms with Gasteiger partial charge in [-0.25, -0.2) is 4.79 Å². The quantitative estimate of drug-likeness (QED) is 0.511. The third kappa shape index (κ3) is 4.52. The van der Waals surface area contributed by atoms with Crippen LogP contribution in [0.5, 0.6) is 0 Å². The number of rotatable bonds is 7. The fourth-order valence-electron chi connectivity index (χ4n) is 2.82. The van der Waals surface area contributed by atoms with Crippen LogP contribution in [0.2, 0.25) is 0 Å². The van der Waals surface area contributed by atoms with Gasteiger partial charge in [0.15, 0.2) is 0 Å². The molecule has 2 aromatic carbocycles. The molecule has 3 rings (SSSR count). The molecule has 7 nitrogen and oxygen atoms in total. The van der Waals surface area contributed by atoms with Crippen molar-refractivity contribution in [1.29, 1.82) is 0 Å². The summed E-state index contributed by atoms with van der Waals surface area (Å²) in [4.78, 5) is 38.7. The Hall–Kier alpha value is -3.61. The second-order valence-electron chi connectivity index (χ2n) is 6.07. The average Bonchev–Trinajstić information content (AvgIpc) is 3.09. The second-order valence-corrected chi connectivity index (χ2v) is 6.07. The molecule has 1 aromatic heterocycles. The van der Waals surface area contributed by atoms with Crippen molar-refractivity contribution in [3.8, 4) is 0 Å². The summed E-state index contributed by atoms with van der Waals surface area (Å²) >= 11 is 0. The number of carboxylic acid groups (broad SMARTS) is 1. The summed E-state index contributed by atoms with van der Waals surface area (Å²) in [5.74, 6) is -2.09. The summed E-state index contributed by atoms with van der Waals surface area (Å²) in [5.41, 5.74) is 2.13. The van der Waals surface area contributed by atoms with Crippen molar-refractivity contribution in [3.05, 3.63) is 71.9 Å². The van der Waals surface area contributed by atoms with Gasteiger partial charge in [0.2, 0.25) is 5.91 Å². The molecule has 0 radical (unpaired) electrons. The van der Waals surface area contributed by atoms with Gasteiger partial charge in [-0.2, -0.15) is 0 Å². The Morgan fingerprint density at radius 2 is 1.70 bits per heavy atom. The number of H-pyrrole nitrogens is 1. The fourth-order valence-corrected chi connectivity index (χ4v) is 2.82. The lowest BCUT2D eigenvalue weighted by Gasteiger charge is -2.14. The normalized spacial score (nSPS) is 11.7. The van der Waals surface area contributed by atoms with Gasteiger partial charge in [-0.15, -0.1) is 0 Å². The van der Waals surface area contributed by atoms with E-state index < -0.39 is 23.8 Å². The van der Waals surface area contributed by atoms with Gasteiger partial charge < -0.3 is 20.7 Å². The minimum Gasteiger partial charge on any atom is -0.480 e. The number of hydrogen-bond acceptors (Lipinski definition) is 3. The van der Waals surface area contributed by atoms with Crippen molar-refractivity contribution >= 4 is 28.7 Å². The van der Waals surface area contributed by atoms with E-state index in [0.717, 1.165) is 16.5 Å². The van der Waals surface area contributed by atoms with Crippen molar-refractivity contribution in [2.24, 2.45) is 0 Å². The van der Waals surface area contributed by atoms with Crippen LogP contribution in [0, 0.1) is 0 Å². The predicted molar refractivity (Wildman–Crippen MR) is 100 cm³/mol. The SMILES string of the molecule is O=C(CNC(=O)c1ccccc1)N[C@H](Cc1c[nH]c2ccccc12)C(=O)O. The van der Waals surface area contributed by atoms with Gasteiger partial charge in [0.1, 0.15) is 6.04 Å². The third-order valence-electron chi connectivity index (χ3n) is 4.18. The number of aliphatic carboxylic acids is 1. The van der Waals surface area contributed by atoms with Crippen molar-refractivity contribution in [3.63, 3.8) is 0 Å². The molecule has 7 heteroatoms. The Morgan fingerprint density at radius 1 is 1.00 bits per heavy atom. The van der Waals surface area contributed by atoms with Gasteiger partial charge in [0.25, 0.3) is 5.91 Å². The van der Waals surface area contributed by atoms with E-state index in [0.29, 0.717) is 5.56 Å². The zero-order valence-electron chi connectivity index (χ0n) is 14.4. The first kappa shape index (κ1) is 18.2. The molecule has 0 fully saturated rings. The molecule has 1 atom stereocenters. The number of hydrogen-bond donors (Lipinski definition) is 4. The first-order valence-corrected chi connectivity index (χ1v) is 8.45. The Labute approximate surface area is 155 Å². The summed E-state index contributed by atoms with van der Waals surface area (Å²) in [5, 5.41) is 15.3. The second kappa shape index (κ2) is 8.18. The number of nitrogens with one attached hydrogen (secondary N) is 3. The number of fused-ring (bicyclic) bond motifs is 1. The molecule has 0 bridgehead atoms. The molecule has 0 unspecified atom stereocenters. The lowest BCUT2D eigenvalue weighted by molar-refractivity contribution is -0.141. The number of carbonyl (C=O) groups is 3. The molecule has 0 aliphatic rings. The van der Waals surface area contributed by atoms with Crippen LogP contribution in [0.25, 0.3) is 10.9 Å². The average molecular weight is 365 g/mol. The van der Waals surface area contributed by atoms with E-state index in [1.54, 1.807) is 36.5 Å². The van der Waals surface area contributed by atoms with Crippen LogP contribution in [0.1, 0.15) is 15.9 Å². The van der Waals surface area contributed by atoms with Crippen LogP contribution in [-0.4, -0.2) is 40.5 Å². The first-order chi connectivity index (χ1) is 13.0. The number of para-hydroxylation sites is 1. The number of carbonyl (C=O) groups excluding carboxylic acids is 2. The highest BCUT2D eigenvalue weighted by Crippen LogP contribution is 2.19. The van der Waals surface area contributed by atoms with Crippen LogP contribution in [0.15, 0.2) is 60.8 Å². The zero-order chi connectivity index (χ0) is 19.2. The van der Waals surface area contributed by atoms with Crippen LogP contribution < -0.4 is 10.6 Å². The molecule has 0 spiro atoms. The van der Waals surface area contributed by atoms with Crippen LogP contribution in [0.4, 0.5) is 0 Å². The van der Waals surface area contributed by atoms with E-state index in [4.69, 9.17) is 0 Å². The minimum absolute atomic E-state index is 0.137. The Kier molecular flexibility index (Phi) is 5.51. The Morgan fingerprint density at radius 3 is 2.44 bits per heavy atom. The maximum atomic E-state index is 12.1. The summed E-state index contributed by atoms with van der Waals surface area (Å²) in [7, 11) is 0. The van der Waals surface area contributed by atoms with Crippen molar-refractivity contribution in [2.45, 2.75) is 12.5 Å². The van der Waals surface area contributed by atoms with E-state index in [9.17, 15) is 19.5 Å². The highest BCUT2D eigenvalue weighted by molar-refractivity contribution is 5.96. The van der Waals surface area contributed by atoms with E-state index in [2.05, 4.69) is 15.6 Å². The highest BCUT2D eigenvalue weighted by atomic mass is 16.4. The molecule has 1 heterocycles. The van der Waals surface area contributed by atoms with Crippen LogP contribution in [-0.2, 0) is 16.0 Å². The monoisotopic (exact) mass is 365 g/mol. The van der Waals surface area contributed by atoms with Crippen molar-refractivity contribution in [1.82, 2.24) is 15.6 Å². The van der Waals surface area contributed by atoms with Gasteiger partial charge in [-0.3, -0.25) is 9.59 Å². The lowest BCUT2D eigenvalue weighted by Crippen LogP contribution is -2.46. The van der Waals surface area contributed by atoms with Gasteiger partial charge >= 0.3 is 5.97 Å². The summed E-state index contributed by atoms with van der Waals surface area (Å²) in [6.45, 7) is -0.300. The Balaban J connectivity index is 1.60. The van der Waals surface area contributed by atoms with E-state index >= 15 is 0 Å². The van der Waals surface area contributed by atoms with E-state index in [-0.39, 0.29) is 13.0 Å². The van der Waals surface area contributed by atoms with E-state index in [1.807, 2.05) is 24.3 Å². The van der Waals surface area contributed by atoms with Crippen molar-refractivity contribution < 1.29 is 19.5 Å². The predicted octanol–water partition coefficient (Wildman–Crippen LogP) is 1.71. The Bertz CT molecular complexity index is 966. The molecule has 2 amide bonds. The fraction of sp³-hybridized carbons (Fsp3) is 0.150. The lowest BCUT2D eigenvalue weighted by atomic mass is 10.0. The minimum atomic E-state index is -1.14. The van der Waals surface area contributed by atoms with Crippen LogP contribution >= 0.6 is 0 Å². The van der Waals surface area contributed by atoms with E-state index in [1.165, 1.54) is 0 Å². The van der Waals surface area contributed by atoms with Gasteiger partial charge in [0.05, 0.1) is 6.54 Å². The van der Waals surface area contributed by atoms with Crippen LogP contribution in [0.3, 0.4) is 0 Å². The number of benzene rings is 2. The largest absolute Gasteiger partial charge is 0.480 e. The molecule has 0 saturated carbocycles. The summed E-state index contributed by atoms with van der Waals surface area (Å²) < 4.78 is 0. The standard InChI is InChI=1S/C20H19N3O4/c24-18(12-22-19(25)13-6-2-1-3-7-13)23-17(20(26)27)10-14-11-21-16-9-5-4-8-15(14)16/h1-9,11,17,21H,10,12H2,(H,22,25)(H,23,24)(H,26,27)/t17-/m1/s1. The summed E-state index contributed by atoms with van der Waals surface area (Å²) in [6.07, 6.45) is 1.88. The molecular formula is C20H19N3O4. The number of aromatic nitrogens is 1. The van der Waals surface area contributed by atoms with Crippen molar-refractivity contribution in [2.75, 3.05) is 6.54 Å². The molecule has 0 aliphatic carbocycles. The molecule has 0 saturated heterocycles. The smallest absolute Gasteiger partial charge is 0.326 e. The number of aromatic amines is 1. The topological polar surface area (TPSA) is 111 Å². The molecule has 4 N–H and O–H groups in total. The molecular weight excluding hydrogens is 346 g/mol. The third-order valence-corrected chi connectivity index (χ3v) is 4.18. The van der Waals surface area contributed by atoms with Gasteiger partial charge in [-0.05, 0) is 23.8 Å². The maximum absolute atomic E-state index is 12.1. The first-order valence-electron chi connectivity index (χ1n) is 8.45. The molecule has 3 aromatic rings. The zero-order valence-corrected chi connectivity index (χ0v) is 14.4. The molecule has 27 heavy (non-hydrogen) atoms. The number of amides is 2. The molecule has 0 aliphatic heterocycles. The summed E-state index contributed by atoms with van der Waals surface area (Å²) in [6, 6.07) is 14.9. The maximum Gasteiger partial charge on any atom is 0.326 e. The molecule has 138 valence electrons. The number of carboxylic acids is 1. The van der Waals surface area contributed by atoms with Gasteiger partial charge in [0, 0.05) is 29.1 Å². The van der Waals surface area contributed by atoms with Gasteiger partial charge in [-0.1, -0.05) is 36.4 Å².